The molecule has 2 aromatic carbocycles. The topological polar surface area (TPSA) is 82.1 Å². The van der Waals surface area contributed by atoms with Gasteiger partial charge in [-0.05, 0) is 30.3 Å². The summed E-state index contributed by atoms with van der Waals surface area (Å²) in [4.78, 5) is 27.9. The number of benzene rings is 2. The van der Waals surface area contributed by atoms with E-state index in [0.717, 1.165) is 0 Å². The van der Waals surface area contributed by atoms with Gasteiger partial charge >= 0.3 is 0 Å². The molecule has 0 saturated carbocycles. The van der Waals surface area contributed by atoms with Gasteiger partial charge in [0.05, 0.1) is 37.0 Å². The number of carbonyl (C=O) groups is 2. The van der Waals surface area contributed by atoms with E-state index in [0.29, 0.717) is 50.7 Å². The second-order valence-electron chi connectivity index (χ2n) is 7.42. The van der Waals surface area contributed by atoms with Crippen LogP contribution >= 0.6 is 34.8 Å². The van der Waals surface area contributed by atoms with E-state index >= 15 is 0 Å². The van der Waals surface area contributed by atoms with E-state index in [-0.39, 0.29) is 31.5 Å². The number of piperazine rings is 1. The van der Waals surface area contributed by atoms with E-state index in [1.807, 2.05) is 0 Å². The van der Waals surface area contributed by atoms with E-state index < -0.39 is 6.04 Å². The van der Waals surface area contributed by atoms with Crippen molar-refractivity contribution in [1.82, 2.24) is 9.80 Å². The predicted molar refractivity (Wildman–Crippen MR) is 131 cm³/mol. The average molecular weight is 513 g/mol. The van der Waals surface area contributed by atoms with Crippen molar-refractivity contribution in [3.8, 4) is 16.9 Å². The number of ether oxygens (including phenoxy) is 1. The highest BCUT2D eigenvalue weighted by molar-refractivity contribution is 6.37. The van der Waals surface area contributed by atoms with Crippen LogP contribution in [0.2, 0.25) is 15.1 Å². The molecule has 2 aromatic rings. The Kier molecular flexibility index (Phi) is 8.48. The lowest BCUT2D eigenvalue weighted by Gasteiger charge is -2.40. The third kappa shape index (κ3) is 5.73. The largest absolute Gasteiger partial charge is 0.495 e. The maximum atomic E-state index is 12.9. The highest BCUT2D eigenvalue weighted by Gasteiger charge is 2.31. The molecular weight excluding hydrogens is 489 g/mol. The number of hydrogen-bond donors (Lipinski definition) is 2. The van der Waals surface area contributed by atoms with Crippen molar-refractivity contribution in [2.45, 2.75) is 6.04 Å². The predicted octanol–water partition coefficient (Wildman–Crippen LogP) is 3.95. The monoisotopic (exact) mass is 511 g/mol. The molecule has 1 atom stereocenters. The van der Waals surface area contributed by atoms with Crippen molar-refractivity contribution in [1.29, 1.82) is 0 Å². The highest BCUT2D eigenvalue weighted by Crippen LogP contribution is 2.40. The fourth-order valence-electron chi connectivity index (χ4n) is 3.70. The minimum absolute atomic E-state index is 0.0196. The maximum absolute atomic E-state index is 12.9. The first kappa shape index (κ1) is 25.2. The maximum Gasteiger partial charge on any atom is 0.246 e. The summed E-state index contributed by atoms with van der Waals surface area (Å²) in [5.41, 5.74) is 1.84. The SMILES string of the molecule is C=CC(=O)N1CCN(C(=O)CNc2cc(-c3cc(Cl)ccc3Cl)c(Cl)cc2OC)CC1CO. The third-order valence-electron chi connectivity index (χ3n) is 5.44. The Balaban J connectivity index is 1.77. The molecule has 33 heavy (non-hydrogen) atoms. The molecule has 0 radical (unpaired) electrons. The Bertz CT molecular complexity index is 1060. The van der Waals surface area contributed by atoms with Crippen molar-refractivity contribution in [3.63, 3.8) is 0 Å². The Hall–Kier alpha value is -2.45. The van der Waals surface area contributed by atoms with Crippen LogP contribution in [0.15, 0.2) is 43.0 Å². The minimum atomic E-state index is -0.477. The van der Waals surface area contributed by atoms with Crippen molar-refractivity contribution in [3.05, 3.63) is 58.1 Å². The molecule has 176 valence electrons. The third-order valence-corrected chi connectivity index (χ3v) is 6.32. The molecule has 3 rings (SSSR count). The lowest BCUT2D eigenvalue weighted by atomic mass is 10.0. The molecule has 1 unspecified atom stereocenters. The minimum Gasteiger partial charge on any atom is -0.495 e. The lowest BCUT2D eigenvalue weighted by Crippen LogP contribution is -2.58. The molecule has 2 amide bonds. The Morgan fingerprint density at radius 1 is 1.18 bits per heavy atom. The van der Waals surface area contributed by atoms with E-state index in [9.17, 15) is 14.7 Å². The van der Waals surface area contributed by atoms with Gasteiger partial charge in [-0.1, -0.05) is 41.4 Å². The summed E-state index contributed by atoms with van der Waals surface area (Å²) in [7, 11) is 1.51. The van der Waals surface area contributed by atoms with Gasteiger partial charge in [-0.25, -0.2) is 0 Å². The molecule has 2 N–H and O–H groups in total. The summed E-state index contributed by atoms with van der Waals surface area (Å²) in [6.07, 6.45) is 1.21. The number of aliphatic hydroxyl groups is 1. The Labute approximate surface area is 207 Å². The molecule has 0 aromatic heterocycles. The van der Waals surface area contributed by atoms with Gasteiger partial charge in [0.2, 0.25) is 11.8 Å². The number of carbonyl (C=O) groups excluding carboxylic acids is 2. The van der Waals surface area contributed by atoms with Crippen LogP contribution < -0.4 is 10.1 Å². The van der Waals surface area contributed by atoms with Gasteiger partial charge in [-0.15, -0.1) is 0 Å². The first-order valence-electron chi connectivity index (χ1n) is 10.2. The normalized spacial score (nSPS) is 15.8. The summed E-state index contributed by atoms with van der Waals surface area (Å²) in [6, 6.07) is 8.00. The van der Waals surface area contributed by atoms with Gasteiger partial charge in [0.1, 0.15) is 5.75 Å². The number of aliphatic hydroxyl groups excluding tert-OH is 1. The molecule has 1 fully saturated rings. The number of amides is 2. The standard InChI is InChI=1S/C23H24Cl3N3O4/c1-3-22(31)29-7-6-28(12-15(29)13-30)23(32)11-27-20-9-17(19(26)10-21(20)33-2)16-8-14(24)4-5-18(16)25/h3-5,8-10,15,27,30H,1,6-7,11-13H2,2H3. The van der Waals surface area contributed by atoms with Crippen LogP contribution in [0.4, 0.5) is 5.69 Å². The van der Waals surface area contributed by atoms with Crippen LogP contribution in [0.1, 0.15) is 0 Å². The number of methoxy groups -OCH3 is 1. The second-order valence-corrected chi connectivity index (χ2v) is 8.67. The Morgan fingerprint density at radius 2 is 1.91 bits per heavy atom. The van der Waals surface area contributed by atoms with Crippen LogP contribution in [0.5, 0.6) is 5.75 Å². The van der Waals surface area contributed by atoms with E-state index in [4.69, 9.17) is 39.5 Å². The molecular formula is C23H24Cl3N3O4. The zero-order valence-electron chi connectivity index (χ0n) is 18.0. The molecule has 0 bridgehead atoms. The van der Waals surface area contributed by atoms with Crippen molar-refractivity contribution < 1.29 is 19.4 Å². The van der Waals surface area contributed by atoms with E-state index in [2.05, 4.69) is 11.9 Å². The van der Waals surface area contributed by atoms with Crippen LogP contribution in [-0.2, 0) is 9.59 Å². The fourth-order valence-corrected chi connectivity index (χ4v) is 4.35. The first-order valence-corrected chi connectivity index (χ1v) is 11.3. The molecule has 0 spiro atoms. The van der Waals surface area contributed by atoms with Crippen molar-refractivity contribution >= 4 is 52.3 Å². The molecule has 7 nitrogen and oxygen atoms in total. The molecule has 1 aliphatic heterocycles. The number of anilines is 1. The zero-order valence-corrected chi connectivity index (χ0v) is 20.3. The van der Waals surface area contributed by atoms with E-state index in [1.165, 1.54) is 18.1 Å². The van der Waals surface area contributed by atoms with Gasteiger partial charge in [-0.2, -0.15) is 0 Å². The number of nitrogens with zero attached hydrogens (tertiary/aromatic N) is 2. The smallest absolute Gasteiger partial charge is 0.246 e. The molecule has 10 heteroatoms. The van der Waals surface area contributed by atoms with Crippen LogP contribution in [0, 0.1) is 0 Å². The average Bonchev–Trinajstić information content (AvgIpc) is 2.83. The highest BCUT2D eigenvalue weighted by atomic mass is 35.5. The van der Waals surface area contributed by atoms with Crippen LogP contribution in [0.25, 0.3) is 11.1 Å². The van der Waals surface area contributed by atoms with Gasteiger partial charge < -0.3 is 25.0 Å². The molecule has 0 aliphatic carbocycles. The number of halogens is 3. The van der Waals surface area contributed by atoms with Gasteiger partial charge in [0.15, 0.2) is 0 Å². The van der Waals surface area contributed by atoms with Crippen molar-refractivity contribution in [2.75, 3.05) is 45.2 Å². The van der Waals surface area contributed by atoms with Crippen LogP contribution in [-0.4, -0.2) is 72.7 Å². The van der Waals surface area contributed by atoms with Crippen molar-refractivity contribution in [2.24, 2.45) is 0 Å². The van der Waals surface area contributed by atoms with Gasteiger partial charge in [0.25, 0.3) is 0 Å². The number of hydrogen-bond acceptors (Lipinski definition) is 5. The summed E-state index contributed by atoms with van der Waals surface area (Å²) < 4.78 is 5.42. The summed E-state index contributed by atoms with van der Waals surface area (Å²) in [6.45, 7) is 4.13. The van der Waals surface area contributed by atoms with Gasteiger partial charge in [0, 0.05) is 46.9 Å². The molecule has 1 heterocycles. The lowest BCUT2D eigenvalue weighted by molar-refractivity contribution is -0.140. The number of rotatable bonds is 7. The zero-order chi connectivity index (χ0) is 24.1. The van der Waals surface area contributed by atoms with Gasteiger partial charge in [-0.3, -0.25) is 9.59 Å². The van der Waals surface area contributed by atoms with Crippen LogP contribution in [0.3, 0.4) is 0 Å². The summed E-state index contributed by atoms with van der Waals surface area (Å²) >= 11 is 18.9. The summed E-state index contributed by atoms with van der Waals surface area (Å²) in [5.74, 6) is 0.0141. The quantitative estimate of drug-likeness (QED) is 0.549. The van der Waals surface area contributed by atoms with E-state index in [1.54, 1.807) is 35.2 Å². The first-order chi connectivity index (χ1) is 15.8. The molecule has 1 aliphatic rings. The second kappa shape index (κ2) is 11.1. The fraction of sp³-hybridized carbons (Fsp3) is 0.304. The molecule has 1 saturated heterocycles. The summed E-state index contributed by atoms with van der Waals surface area (Å²) in [5, 5.41) is 14.2. The number of nitrogens with one attached hydrogen (secondary N) is 1. The Morgan fingerprint density at radius 3 is 2.58 bits per heavy atom.